The first-order valence-corrected chi connectivity index (χ1v) is 6.84. The van der Waals surface area contributed by atoms with Crippen molar-refractivity contribution < 1.29 is 9.59 Å². The number of carbonyl (C=O) groups is 2. The number of rotatable bonds is 7. The van der Waals surface area contributed by atoms with Gasteiger partial charge in [0.1, 0.15) is 0 Å². The van der Waals surface area contributed by atoms with E-state index in [1.54, 1.807) is 11.9 Å². The predicted octanol–water partition coefficient (Wildman–Crippen LogP) is 0.963. The van der Waals surface area contributed by atoms with Gasteiger partial charge in [-0.2, -0.15) is 0 Å². The molecular formula is C15H24ClN3O2. The molecule has 0 spiro atoms. The second kappa shape index (κ2) is 10.2. The van der Waals surface area contributed by atoms with Crippen LogP contribution >= 0.6 is 12.4 Å². The van der Waals surface area contributed by atoms with E-state index in [4.69, 9.17) is 5.73 Å². The average Bonchev–Trinajstić information content (AvgIpc) is 2.50. The quantitative estimate of drug-likeness (QED) is 0.787. The number of hydrogen-bond donors (Lipinski definition) is 2. The first-order valence-electron chi connectivity index (χ1n) is 6.84. The molecule has 0 fully saturated rings. The molecule has 1 rings (SSSR count). The van der Waals surface area contributed by atoms with Gasteiger partial charge in [0.2, 0.25) is 11.8 Å². The molecule has 5 nitrogen and oxygen atoms in total. The van der Waals surface area contributed by atoms with E-state index >= 15 is 0 Å². The molecule has 0 aliphatic heterocycles. The van der Waals surface area contributed by atoms with E-state index in [9.17, 15) is 9.59 Å². The van der Waals surface area contributed by atoms with Crippen molar-refractivity contribution >= 4 is 24.2 Å². The summed E-state index contributed by atoms with van der Waals surface area (Å²) >= 11 is 0. The van der Waals surface area contributed by atoms with Gasteiger partial charge in [-0.3, -0.25) is 9.59 Å². The van der Waals surface area contributed by atoms with Crippen molar-refractivity contribution in [2.24, 2.45) is 5.73 Å². The van der Waals surface area contributed by atoms with E-state index in [0.29, 0.717) is 0 Å². The summed E-state index contributed by atoms with van der Waals surface area (Å²) in [7, 11) is 1.77. The molecule has 3 N–H and O–H groups in total. The molecule has 0 aromatic heterocycles. The predicted molar refractivity (Wildman–Crippen MR) is 86.3 cm³/mol. The number of hydrogen-bond acceptors (Lipinski definition) is 3. The van der Waals surface area contributed by atoms with Gasteiger partial charge in [0.25, 0.3) is 0 Å². The zero-order valence-electron chi connectivity index (χ0n) is 12.5. The van der Waals surface area contributed by atoms with E-state index in [1.807, 2.05) is 18.2 Å². The Morgan fingerprint density at radius 1 is 1.29 bits per heavy atom. The Bertz CT molecular complexity index is 440. The number of carbonyl (C=O) groups excluding carboxylic acids is 2. The number of benzene rings is 1. The molecule has 2 amide bonds. The molecule has 1 unspecified atom stereocenters. The summed E-state index contributed by atoms with van der Waals surface area (Å²) in [6.45, 7) is 1.95. The Morgan fingerprint density at radius 3 is 2.43 bits per heavy atom. The van der Waals surface area contributed by atoms with Crippen LogP contribution < -0.4 is 11.1 Å². The Morgan fingerprint density at radius 2 is 1.90 bits per heavy atom. The smallest absolute Gasteiger partial charge is 0.241 e. The fraction of sp³-hybridized carbons (Fsp3) is 0.467. The van der Waals surface area contributed by atoms with Gasteiger partial charge in [-0.15, -0.1) is 12.4 Å². The summed E-state index contributed by atoms with van der Waals surface area (Å²) in [6, 6.07) is 10.2. The van der Waals surface area contributed by atoms with Crippen LogP contribution in [0.4, 0.5) is 0 Å². The van der Waals surface area contributed by atoms with E-state index in [2.05, 4.69) is 24.4 Å². The van der Waals surface area contributed by atoms with Crippen molar-refractivity contribution in [1.82, 2.24) is 10.2 Å². The van der Waals surface area contributed by atoms with Gasteiger partial charge in [-0.05, 0) is 18.4 Å². The van der Waals surface area contributed by atoms with Gasteiger partial charge >= 0.3 is 0 Å². The number of likely N-dealkylation sites (N-methyl/N-ethyl adjacent to an activating group) is 1. The van der Waals surface area contributed by atoms with Gasteiger partial charge < -0.3 is 16.0 Å². The highest BCUT2D eigenvalue weighted by Crippen LogP contribution is 2.10. The standard InChI is InChI=1S/C15H23N3O2.ClH/c1-3-13(9-12-7-5-4-6-8-12)18(2)15(20)11-17-14(19)10-16;/h4-8,13H,3,9-11,16H2,1-2H3,(H,17,19);1H. The van der Waals surface area contributed by atoms with Gasteiger partial charge in [0, 0.05) is 13.1 Å². The molecule has 1 atom stereocenters. The topological polar surface area (TPSA) is 75.4 Å². The lowest BCUT2D eigenvalue weighted by Gasteiger charge is -2.27. The van der Waals surface area contributed by atoms with Crippen molar-refractivity contribution in [3.63, 3.8) is 0 Å². The minimum atomic E-state index is -0.317. The summed E-state index contributed by atoms with van der Waals surface area (Å²) in [4.78, 5) is 24.8. The Kier molecular flexibility index (Phi) is 9.41. The Labute approximate surface area is 132 Å². The molecule has 0 heterocycles. The van der Waals surface area contributed by atoms with Crippen LogP contribution in [-0.4, -0.2) is 42.9 Å². The normalized spacial score (nSPS) is 11.2. The van der Waals surface area contributed by atoms with Crippen molar-refractivity contribution in [3.05, 3.63) is 35.9 Å². The first kappa shape index (κ1) is 19.4. The van der Waals surface area contributed by atoms with Crippen LogP contribution in [0, 0.1) is 0 Å². The minimum absolute atomic E-state index is 0. The number of nitrogens with two attached hydrogens (primary N) is 1. The van der Waals surface area contributed by atoms with Crippen LogP contribution in [-0.2, 0) is 16.0 Å². The lowest BCUT2D eigenvalue weighted by molar-refractivity contribution is -0.133. The van der Waals surface area contributed by atoms with Crippen molar-refractivity contribution in [2.75, 3.05) is 20.1 Å². The van der Waals surface area contributed by atoms with Crippen LogP contribution in [0.15, 0.2) is 30.3 Å². The van der Waals surface area contributed by atoms with Crippen LogP contribution in [0.2, 0.25) is 0 Å². The number of halogens is 1. The van der Waals surface area contributed by atoms with E-state index in [1.165, 1.54) is 5.56 Å². The highest BCUT2D eigenvalue weighted by molar-refractivity contribution is 5.85. The molecule has 0 saturated heterocycles. The van der Waals surface area contributed by atoms with Crippen molar-refractivity contribution in [1.29, 1.82) is 0 Å². The summed E-state index contributed by atoms with van der Waals surface area (Å²) in [5.74, 6) is -0.419. The first-order chi connectivity index (χ1) is 9.58. The van der Waals surface area contributed by atoms with Crippen LogP contribution in [0.5, 0.6) is 0 Å². The molecule has 1 aromatic carbocycles. The van der Waals surface area contributed by atoms with Crippen LogP contribution in [0.1, 0.15) is 18.9 Å². The highest BCUT2D eigenvalue weighted by Gasteiger charge is 2.18. The van der Waals surface area contributed by atoms with Gasteiger partial charge in [0.15, 0.2) is 0 Å². The largest absolute Gasteiger partial charge is 0.346 e. The van der Waals surface area contributed by atoms with E-state index in [0.717, 1.165) is 12.8 Å². The molecule has 0 radical (unpaired) electrons. The minimum Gasteiger partial charge on any atom is -0.346 e. The van der Waals surface area contributed by atoms with E-state index < -0.39 is 0 Å². The second-order valence-electron chi connectivity index (χ2n) is 4.74. The molecule has 0 aliphatic carbocycles. The number of amides is 2. The molecule has 0 bridgehead atoms. The third kappa shape index (κ3) is 6.60. The summed E-state index contributed by atoms with van der Waals surface area (Å²) in [5, 5.41) is 2.50. The molecule has 0 saturated carbocycles. The maximum Gasteiger partial charge on any atom is 0.241 e. The van der Waals surface area contributed by atoms with Gasteiger partial charge in [-0.25, -0.2) is 0 Å². The molecule has 1 aromatic rings. The molecule has 118 valence electrons. The van der Waals surface area contributed by atoms with E-state index in [-0.39, 0.29) is 43.4 Å². The SMILES string of the molecule is CCC(Cc1ccccc1)N(C)C(=O)CNC(=O)CN.Cl. The summed E-state index contributed by atoms with van der Waals surface area (Å²) < 4.78 is 0. The van der Waals surface area contributed by atoms with Crippen molar-refractivity contribution in [3.8, 4) is 0 Å². The summed E-state index contributed by atoms with van der Waals surface area (Å²) in [5.41, 5.74) is 6.38. The van der Waals surface area contributed by atoms with Gasteiger partial charge in [0.05, 0.1) is 13.1 Å². The third-order valence-corrected chi connectivity index (χ3v) is 3.35. The number of nitrogens with zero attached hydrogens (tertiary/aromatic N) is 1. The second-order valence-corrected chi connectivity index (χ2v) is 4.74. The van der Waals surface area contributed by atoms with Crippen LogP contribution in [0.3, 0.4) is 0 Å². The fourth-order valence-corrected chi connectivity index (χ4v) is 2.02. The zero-order valence-corrected chi connectivity index (χ0v) is 13.4. The van der Waals surface area contributed by atoms with Crippen LogP contribution in [0.25, 0.3) is 0 Å². The summed E-state index contributed by atoms with van der Waals surface area (Å²) in [6.07, 6.45) is 1.67. The van der Waals surface area contributed by atoms with Crippen molar-refractivity contribution in [2.45, 2.75) is 25.8 Å². The maximum absolute atomic E-state index is 12.0. The average molecular weight is 314 g/mol. The Hall–Kier alpha value is -1.59. The lowest BCUT2D eigenvalue weighted by Crippen LogP contribution is -2.45. The molecule has 0 aliphatic rings. The maximum atomic E-state index is 12.0. The third-order valence-electron chi connectivity index (χ3n) is 3.35. The molecule has 21 heavy (non-hydrogen) atoms. The fourth-order valence-electron chi connectivity index (χ4n) is 2.02. The highest BCUT2D eigenvalue weighted by atomic mass is 35.5. The Balaban J connectivity index is 0.00000400. The van der Waals surface area contributed by atoms with Gasteiger partial charge in [-0.1, -0.05) is 37.3 Å². The number of nitrogens with one attached hydrogen (secondary N) is 1. The monoisotopic (exact) mass is 313 g/mol. The molecular weight excluding hydrogens is 290 g/mol. The zero-order chi connectivity index (χ0) is 15.0. The molecule has 6 heteroatoms. The lowest BCUT2D eigenvalue weighted by atomic mass is 10.0.